The van der Waals surface area contributed by atoms with E-state index in [2.05, 4.69) is 0 Å². The van der Waals surface area contributed by atoms with Crippen molar-refractivity contribution >= 4 is 5.78 Å². The molecule has 17 heavy (non-hydrogen) atoms. The van der Waals surface area contributed by atoms with E-state index in [1.165, 1.54) is 6.42 Å². The predicted molar refractivity (Wildman–Crippen MR) is 65.6 cm³/mol. The summed E-state index contributed by atoms with van der Waals surface area (Å²) in [4.78, 5) is 11.1. The van der Waals surface area contributed by atoms with Gasteiger partial charge in [0.05, 0.1) is 13.2 Å². The molecule has 1 aliphatic rings. The molecule has 0 aliphatic heterocycles. The monoisotopic (exact) mass is 234 g/mol. The van der Waals surface area contributed by atoms with Crippen LogP contribution in [0.4, 0.5) is 0 Å². The van der Waals surface area contributed by atoms with Gasteiger partial charge in [-0.15, -0.1) is 0 Å². The largest absolute Gasteiger partial charge is 0.493 e. The molecule has 0 spiro atoms. The minimum atomic E-state index is 0.157. The van der Waals surface area contributed by atoms with E-state index >= 15 is 0 Å². The Hall–Kier alpha value is -1.51. The number of ketones is 1. The fourth-order valence-corrected chi connectivity index (χ4v) is 1.88. The van der Waals surface area contributed by atoms with Gasteiger partial charge in [0.25, 0.3) is 0 Å². The molecule has 0 unspecified atom stereocenters. The van der Waals surface area contributed by atoms with Gasteiger partial charge in [-0.2, -0.15) is 0 Å². The second-order valence-electron chi connectivity index (χ2n) is 4.53. The fourth-order valence-electron chi connectivity index (χ4n) is 1.88. The number of carbonyl (C=O) groups excluding carboxylic acids is 1. The van der Waals surface area contributed by atoms with Crippen LogP contribution in [0.2, 0.25) is 0 Å². The summed E-state index contributed by atoms with van der Waals surface area (Å²) in [5.41, 5.74) is 0.979. The van der Waals surface area contributed by atoms with Gasteiger partial charge < -0.3 is 9.47 Å². The molecule has 0 saturated heterocycles. The summed E-state index contributed by atoms with van der Waals surface area (Å²) in [6.07, 6.45) is 4.22. The lowest BCUT2D eigenvalue weighted by Crippen LogP contribution is -2.24. The van der Waals surface area contributed by atoms with Gasteiger partial charge >= 0.3 is 0 Å². The minimum Gasteiger partial charge on any atom is -0.493 e. The number of benzene rings is 1. The predicted octanol–water partition coefficient (Wildman–Crippen LogP) is 2.76. The molecule has 0 N–H and O–H groups in total. The number of Topliss-reactive ketones (excluding diaryl/α,β-unsaturated/α-hetero) is 1. The summed E-state index contributed by atoms with van der Waals surface area (Å²) in [5, 5.41) is 0. The van der Waals surface area contributed by atoms with Crippen molar-refractivity contribution < 1.29 is 14.3 Å². The van der Waals surface area contributed by atoms with Gasteiger partial charge in [0.1, 0.15) is 5.78 Å². The van der Waals surface area contributed by atoms with E-state index in [1.54, 1.807) is 14.0 Å². The smallest absolute Gasteiger partial charge is 0.161 e. The van der Waals surface area contributed by atoms with Crippen LogP contribution in [-0.2, 0) is 11.2 Å². The van der Waals surface area contributed by atoms with Crippen molar-refractivity contribution in [2.45, 2.75) is 38.7 Å². The zero-order valence-corrected chi connectivity index (χ0v) is 10.4. The van der Waals surface area contributed by atoms with Crippen LogP contribution in [0.5, 0.6) is 11.5 Å². The Kier molecular flexibility index (Phi) is 3.67. The van der Waals surface area contributed by atoms with Crippen molar-refractivity contribution in [2.24, 2.45) is 0 Å². The highest BCUT2D eigenvalue weighted by Crippen LogP contribution is 2.33. The van der Waals surface area contributed by atoms with Crippen LogP contribution in [0, 0.1) is 0 Å². The first-order valence-corrected chi connectivity index (χ1v) is 6.02. The van der Waals surface area contributed by atoms with Crippen molar-refractivity contribution in [3.05, 3.63) is 23.8 Å². The fraction of sp³-hybridized carbons (Fsp3) is 0.500. The van der Waals surface area contributed by atoms with Crippen molar-refractivity contribution in [3.8, 4) is 11.5 Å². The Morgan fingerprint density at radius 1 is 1.35 bits per heavy atom. The normalized spacial score (nSPS) is 15.2. The van der Waals surface area contributed by atoms with E-state index in [1.807, 2.05) is 18.2 Å². The molecule has 0 amide bonds. The van der Waals surface area contributed by atoms with Gasteiger partial charge in [-0.1, -0.05) is 6.07 Å². The first kappa shape index (κ1) is 12.0. The Bertz CT molecular complexity index is 408. The van der Waals surface area contributed by atoms with Crippen molar-refractivity contribution in [3.63, 3.8) is 0 Å². The highest BCUT2D eigenvalue weighted by molar-refractivity contribution is 5.78. The van der Waals surface area contributed by atoms with E-state index < -0.39 is 0 Å². The summed E-state index contributed by atoms with van der Waals surface area (Å²) < 4.78 is 11.1. The van der Waals surface area contributed by atoms with Gasteiger partial charge in [-0.05, 0) is 43.9 Å². The Morgan fingerprint density at radius 3 is 2.65 bits per heavy atom. The van der Waals surface area contributed by atoms with E-state index in [9.17, 15) is 4.79 Å². The number of methoxy groups -OCH3 is 1. The molecule has 0 aromatic heterocycles. The lowest BCUT2D eigenvalue weighted by Gasteiger charge is -2.27. The lowest BCUT2D eigenvalue weighted by atomic mass is 9.96. The van der Waals surface area contributed by atoms with Gasteiger partial charge in [0.2, 0.25) is 0 Å². The SMILES string of the molecule is COc1ccc(CC(C)=O)cc1OC1CCC1. The molecule has 0 heterocycles. The highest BCUT2D eigenvalue weighted by atomic mass is 16.5. The van der Waals surface area contributed by atoms with Crippen LogP contribution in [0.15, 0.2) is 18.2 Å². The average molecular weight is 234 g/mol. The number of ether oxygens (including phenoxy) is 2. The topological polar surface area (TPSA) is 35.5 Å². The van der Waals surface area contributed by atoms with Crippen LogP contribution >= 0.6 is 0 Å². The maximum atomic E-state index is 11.1. The maximum Gasteiger partial charge on any atom is 0.161 e. The quantitative estimate of drug-likeness (QED) is 0.785. The van der Waals surface area contributed by atoms with Crippen LogP contribution in [0.1, 0.15) is 31.7 Å². The molecule has 0 radical (unpaired) electrons. The molecule has 1 saturated carbocycles. The van der Waals surface area contributed by atoms with E-state index in [0.29, 0.717) is 12.5 Å². The standard InChI is InChI=1S/C14H18O3/c1-10(15)8-11-6-7-13(16-2)14(9-11)17-12-4-3-5-12/h6-7,9,12H,3-5,8H2,1-2H3. The molecule has 0 atom stereocenters. The van der Waals surface area contributed by atoms with Crippen molar-refractivity contribution in [1.29, 1.82) is 0 Å². The van der Waals surface area contributed by atoms with Crippen LogP contribution in [0.25, 0.3) is 0 Å². The molecular weight excluding hydrogens is 216 g/mol. The van der Waals surface area contributed by atoms with Gasteiger partial charge in [0.15, 0.2) is 11.5 Å². The Labute approximate surface area is 102 Å². The summed E-state index contributed by atoms with van der Waals surface area (Å²) >= 11 is 0. The van der Waals surface area contributed by atoms with E-state index in [-0.39, 0.29) is 5.78 Å². The number of carbonyl (C=O) groups is 1. The zero-order chi connectivity index (χ0) is 12.3. The van der Waals surface area contributed by atoms with Gasteiger partial charge in [0, 0.05) is 6.42 Å². The molecule has 0 bridgehead atoms. The van der Waals surface area contributed by atoms with E-state index in [4.69, 9.17) is 9.47 Å². The van der Waals surface area contributed by atoms with Crippen molar-refractivity contribution in [2.75, 3.05) is 7.11 Å². The molecule has 3 heteroatoms. The zero-order valence-electron chi connectivity index (χ0n) is 10.4. The molecule has 1 fully saturated rings. The molecular formula is C14H18O3. The molecule has 1 aromatic carbocycles. The summed E-state index contributed by atoms with van der Waals surface area (Å²) in [6, 6.07) is 5.69. The average Bonchev–Trinajstić information content (AvgIpc) is 2.23. The third kappa shape index (κ3) is 2.99. The number of rotatable bonds is 5. The number of hydrogen-bond donors (Lipinski definition) is 0. The molecule has 1 aliphatic carbocycles. The van der Waals surface area contributed by atoms with E-state index in [0.717, 1.165) is 29.9 Å². The van der Waals surface area contributed by atoms with Crippen LogP contribution in [0.3, 0.4) is 0 Å². The van der Waals surface area contributed by atoms with Crippen LogP contribution < -0.4 is 9.47 Å². The molecule has 1 aromatic rings. The highest BCUT2D eigenvalue weighted by Gasteiger charge is 2.20. The van der Waals surface area contributed by atoms with Crippen molar-refractivity contribution in [1.82, 2.24) is 0 Å². The maximum absolute atomic E-state index is 11.1. The van der Waals surface area contributed by atoms with Crippen LogP contribution in [-0.4, -0.2) is 19.0 Å². The Morgan fingerprint density at radius 2 is 2.12 bits per heavy atom. The van der Waals surface area contributed by atoms with Gasteiger partial charge in [-0.3, -0.25) is 4.79 Å². The summed E-state index contributed by atoms with van der Waals surface area (Å²) in [5.74, 6) is 1.66. The minimum absolute atomic E-state index is 0.157. The number of hydrogen-bond acceptors (Lipinski definition) is 3. The molecule has 2 rings (SSSR count). The molecule has 3 nitrogen and oxygen atoms in total. The third-order valence-corrected chi connectivity index (χ3v) is 3.03. The third-order valence-electron chi connectivity index (χ3n) is 3.03. The molecule has 92 valence electrons. The first-order valence-electron chi connectivity index (χ1n) is 6.02. The second-order valence-corrected chi connectivity index (χ2v) is 4.53. The summed E-state index contributed by atoms with van der Waals surface area (Å²) in [6.45, 7) is 1.59. The first-order chi connectivity index (χ1) is 8.19. The Balaban J connectivity index is 2.15. The lowest BCUT2D eigenvalue weighted by molar-refractivity contribution is -0.116. The van der Waals surface area contributed by atoms with Gasteiger partial charge in [-0.25, -0.2) is 0 Å². The second kappa shape index (κ2) is 5.21. The summed E-state index contributed by atoms with van der Waals surface area (Å²) in [7, 11) is 1.63.